The third-order valence-corrected chi connectivity index (χ3v) is 1.80. The van der Waals surface area contributed by atoms with Crippen molar-refractivity contribution in [1.82, 2.24) is 10.2 Å². The van der Waals surface area contributed by atoms with Crippen molar-refractivity contribution in [2.75, 3.05) is 13.1 Å². The van der Waals surface area contributed by atoms with Crippen molar-refractivity contribution in [2.45, 2.75) is 19.4 Å². The molecule has 0 bridgehead atoms. The Bertz CT molecular complexity index is 338. The summed E-state index contributed by atoms with van der Waals surface area (Å²) in [4.78, 5) is 23.0. The van der Waals surface area contributed by atoms with Crippen LogP contribution in [0.4, 0.5) is 4.79 Å². The van der Waals surface area contributed by atoms with E-state index in [0.717, 1.165) is 4.90 Å². The van der Waals surface area contributed by atoms with Gasteiger partial charge in [-0.2, -0.15) is 0 Å². The minimum Gasteiger partial charge on any atom is -0.480 e. The van der Waals surface area contributed by atoms with Gasteiger partial charge in [0.15, 0.2) is 0 Å². The van der Waals surface area contributed by atoms with Crippen LogP contribution in [0.3, 0.4) is 0 Å². The minimum atomic E-state index is -1.13. The monoisotopic (exact) mass is 222 g/mol. The molecule has 86 valence electrons. The fraction of sp³-hybridized carbons (Fsp3) is 0.455. The number of terminal acetylenes is 2. The average Bonchev–Trinajstić information content (AvgIpc) is 2.24. The van der Waals surface area contributed by atoms with E-state index < -0.39 is 24.6 Å². The molecule has 0 aromatic rings. The molecule has 0 aliphatic heterocycles. The Kier molecular flexibility index (Phi) is 6.23. The highest BCUT2D eigenvalue weighted by molar-refractivity contribution is 5.80. The van der Waals surface area contributed by atoms with Gasteiger partial charge in [0.2, 0.25) is 0 Å². The lowest BCUT2D eigenvalue weighted by atomic mass is 10.2. The zero-order valence-corrected chi connectivity index (χ0v) is 9.06. The largest absolute Gasteiger partial charge is 0.480 e. The van der Waals surface area contributed by atoms with E-state index in [-0.39, 0.29) is 6.54 Å². The summed E-state index contributed by atoms with van der Waals surface area (Å²) in [6.45, 7) is 1.30. The highest BCUT2D eigenvalue weighted by atomic mass is 16.4. The van der Waals surface area contributed by atoms with E-state index in [0.29, 0.717) is 6.42 Å². The molecule has 0 saturated carbocycles. The van der Waals surface area contributed by atoms with E-state index in [1.807, 2.05) is 6.92 Å². The maximum absolute atomic E-state index is 11.6. The molecule has 0 spiro atoms. The molecule has 1 unspecified atom stereocenters. The molecular formula is C11H14N2O3. The van der Waals surface area contributed by atoms with Crippen LogP contribution in [0.1, 0.15) is 13.3 Å². The van der Waals surface area contributed by atoms with Crippen LogP contribution in [0, 0.1) is 24.7 Å². The SMILES string of the molecule is C#CCN(CC(=O)O)C(=O)NC(C#C)CC. The fourth-order valence-electron chi connectivity index (χ4n) is 0.975. The first kappa shape index (κ1) is 13.9. The number of rotatable bonds is 5. The van der Waals surface area contributed by atoms with Crippen LogP contribution in [-0.4, -0.2) is 41.1 Å². The molecule has 0 aromatic heterocycles. The minimum absolute atomic E-state index is 0.0703. The van der Waals surface area contributed by atoms with Crippen LogP contribution in [0.5, 0.6) is 0 Å². The van der Waals surface area contributed by atoms with Crippen molar-refractivity contribution in [1.29, 1.82) is 0 Å². The molecule has 2 amide bonds. The standard InChI is InChI=1S/C11H14N2O3/c1-4-7-13(8-10(14)15)11(16)12-9(5-2)6-3/h1-2,9H,6-8H2,3H3,(H,12,16)(H,14,15). The zero-order chi connectivity index (χ0) is 12.6. The average molecular weight is 222 g/mol. The summed E-state index contributed by atoms with van der Waals surface area (Å²) in [6.07, 6.45) is 10.8. The molecule has 5 heteroatoms. The van der Waals surface area contributed by atoms with Crippen molar-refractivity contribution in [2.24, 2.45) is 0 Å². The number of carbonyl (C=O) groups excluding carboxylic acids is 1. The number of hydrogen-bond acceptors (Lipinski definition) is 2. The number of urea groups is 1. The summed E-state index contributed by atoms with van der Waals surface area (Å²) >= 11 is 0. The number of carbonyl (C=O) groups is 2. The molecule has 1 atom stereocenters. The molecule has 0 fully saturated rings. The van der Waals surface area contributed by atoms with Crippen molar-refractivity contribution < 1.29 is 14.7 Å². The second-order valence-corrected chi connectivity index (χ2v) is 3.03. The van der Waals surface area contributed by atoms with Gasteiger partial charge in [-0.25, -0.2) is 4.79 Å². The molecule has 0 aliphatic carbocycles. The second kappa shape index (κ2) is 7.19. The van der Waals surface area contributed by atoms with Crippen LogP contribution in [0.25, 0.3) is 0 Å². The van der Waals surface area contributed by atoms with Gasteiger partial charge in [-0.15, -0.1) is 12.8 Å². The number of nitrogens with zero attached hydrogens (tertiary/aromatic N) is 1. The number of amides is 2. The van der Waals surface area contributed by atoms with Gasteiger partial charge in [0.05, 0.1) is 12.6 Å². The van der Waals surface area contributed by atoms with Gasteiger partial charge in [-0.05, 0) is 6.42 Å². The summed E-state index contributed by atoms with van der Waals surface area (Å²) in [7, 11) is 0. The van der Waals surface area contributed by atoms with Gasteiger partial charge >= 0.3 is 12.0 Å². The molecular weight excluding hydrogens is 208 g/mol. The van der Waals surface area contributed by atoms with Crippen LogP contribution in [-0.2, 0) is 4.79 Å². The lowest BCUT2D eigenvalue weighted by Gasteiger charge is -2.20. The molecule has 0 radical (unpaired) electrons. The number of carboxylic acids is 1. The number of hydrogen-bond donors (Lipinski definition) is 2. The first-order valence-corrected chi connectivity index (χ1v) is 4.72. The maximum atomic E-state index is 11.6. The first-order valence-electron chi connectivity index (χ1n) is 4.72. The molecule has 0 heterocycles. The molecule has 2 N–H and O–H groups in total. The van der Waals surface area contributed by atoms with Crippen LogP contribution in [0.2, 0.25) is 0 Å². The number of nitrogens with one attached hydrogen (secondary N) is 1. The summed E-state index contributed by atoms with van der Waals surface area (Å²) in [5.41, 5.74) is 0. The molecule has 0 saturated heterocycles. The lowest BCUT2D eigenvalue weighted by Crippen LogP contribution is -2.46. The third kappa shape index (κ3) is 4.92. The van der Waals surface area contributed by atoms with Crippen LogP contribution in [0.15, 0.2) is 0 Å². The molecule has 0 aliphatic rings. The first-order chi connectivity index (χ1) is 7.54. The Hall–Kier alpha value is -2.14. The summed E-state index contributed by atoms with van der Waals surface area (Å²) in [5.74, 6) is 3.46. The van der Waals surface area contributed by atoms with Gasteiger partial charge in [-0.1, -0.05) is 18.8 Å². The van der Waals surface area contributed by atoms with Crippen molar-refractivity contribution >= 4 is 12.0 Å². The van der Waals surface area contributed by atoms with Gasteiger partial charge in [0, 0.05) is 0 Å². The summed E-state index contributed by atoms with van der Waals surface area (Å²) in [6, 6.07) is -0.980. The van der Waals surface area contributed by atoms with E-state index in [9.17, 15) is 9.59 Å². The van der Waals surface area contributed by atoms with Gasteiger partial charge in [-0.3, -0.25) is 4.79 Å². The van der Waals surface area contributed by atoms with Gasteiger partial charge < -0.3 is 15.3 Å². The quantitative estimate of drug-likeness (QED) is 0.649. The smallest absolute Gasteiger partial charge is 0.323 e. The normalized spacial score (nSPS) is 10.7. The van der Waals surface area contributed by atoms with Crippen molar-refractivity contribution in [3.05, 3.63) is 0 Å². The molecule has 5 nitrogen and oxygen atoms in total. The zero-order valence-electron chi connectivity index (χ0n) is 9.06. The highest BCUT2D eigenvalue weighted by Gasteiger charge is 2.17. The van der Waals surface area contributed by atoms with E-state index in [1.165, 1.54) is 0 Å². The Morgan fingerprint density at radius 3 is 2.50 bits per heavy atom. The Morgan fingerprint density at radius 1 is 1.50 bits per heavy atom. The van der Waals surface area contributed by atoms with Gasteiger partial charge in [0.1, 0.15) is 6.54 Å². The van der Waals surface area contributed by atoms with Crippen LogP contribution >= 0.6 is 0 Å². The Balaban J connectivity index is 4.45. The Morgan fingerprint density at radius 2 is 2.12 bits per heavy atom. The summed E-state index contributed by atoms with van der Waals surface area (Å²) in [5, 5.41) is 11.1. The van der Waals surface area contributed by atoms with Gasteiger partial charge in [0.25, 0.3) is 0 Å². The molecule has 16 heavy (non-hydrogen) atoms. The predicted octanol–water partition coefficient (Wildman–Crippen LogP) is 0.128. The third-order valence-electron chi connectivity index (χ3n) is 1.80. The lowest BCUT2D eigenvalue weighted by molar-refractivity contribution is -0.137. The number of carboxylic acid groups (broad SMARTS) is 1. The van der Waals surface area contributed by atoms with Crippen molar-refractivity contribution in [3.8, 4) is 24.7 Å². The number of aliphatic carboxylic acids is 1. The van der Waals surface area contributed by atoms with E-state index in [2.05, 4.69) is 17.2 Å². The highest BCUT2D eigenvalue weighted by Crippen LogP contribution is 1.94. The van der Waals surface area contributed by atoms with E-state index in [1.54, 1.807) is 0 Å². The maximum Gasteiger partial charge on any atom is 0.323 e. The van der Waals surface area contributed by atoms with E-state index in [4.69, 9.17) is 18.0 Å². The second-order valence-electron chi connectivity index (χ2n) is 3.03. The Labute approximate surface area is 94.8 Å². The molecule has 0 rings (SSSR count). The summed E-state index contributed by atoms with van der Waals surface area (Å²) < 4.78 is 0. The fourth-order valence-corrected chi connectivity index (χ4v) is 0.975. The van der Waals surface area contributed by atoms with E-state index >= 15 is 0 Å². The van der Waals surface area contributed by atoms with Crippen molar-refractivity contribution in [3.63, 3.8) is 0 Å². The topological polar surface area (TPSA) is 69.6 Å². The predicted molar refractivity (Wildman–Crippen MR) is 59.5 cm³/mol. The van der Waals surface area contributed by atoms with Crippen LogP contribution < -0.4 is 5.32 Å². The molecule has 0 aromatic carbocycles.